The van der Waals surface area contributed by atoms with Gasteiger partial charge >= 0.3 is 0 Å². The molecule has 23 heavy (non-hydrogen) atoms. The maximum absolute atomic E-state index is 12.1. The fourth-order valence-corrected chi connectivity index (χ4v) is 3.34. The Hall–Kier alpha value is -2.11. The first kappa shape index (κ1) is 15.8. The molecule has 6 heteroatoms. The molecule has 0 unspecified atom stereocenters. The summed E-state index contributed by atoms with van der Waals surface area (Å²) in [5.41, 5.74) is 1.89. The van der Waals surface area contributed by atoms with Crippen LogP contribution in [0.3, 0.4) is 0 Å². The van der Waals surface area contributed by atoms with Gasteiger partial charge in [-0.3, -0.25) is 4.79 Å². The Bertz CT molecular complexity index is 847. The average molecular weight is 347 g/mol. The number of fused-ring (bicyclic) bond motifs is 1. The number of aryl methyl sites for hydroxylation is 1. The van der Waals surface area contributed by atoms with Gasteiger partial charge in [0.2, 0.25) is 5.91 Å². The van der Waals surface area contributed by atoms with Gasteiger partial charge in [-0.2, -0.15) is 0 Å². The minimum atomic E-state index is -0.0593. The number of thiazole rings is 1. The van der Waals surface area contributed by atoms with Crippen LogP contribution < -0.4 is 10.1 Å². The quantitative estimate of drug-likeness (QED) is 0.738. The molecule has 0 spiro atoms. The van der Waals surface area contributed by atoms with Crippen LogP contribution in [0.5, 0.6) is 5.75 Å². The van der Waals surface area contributed by atoms with Crippen LogP contribution in [0.15, 0.2) is 42.5 Å². The summed E-state index contributed by atoms with van der Waals surface area (Å²) in [5.74, 6) is 0.718. The number of nitrogens with zero attached hydrogens (tertiary/aromatic N) is 1. The molecule has 0 bridgehead atoms. The SMILES string of the molecule is COc1ccc2nc(NC(=O)CCc3cccc(Cl)c3)sc2c1. The van der Waals surface area contributed by atoms with Gasteiger partial charge in [0.25, 0.3) is 0 Å². The maximum Gasteiger partial charge on any atom is 0.226 e. The molecule has 3 rings (SSSR count). The molecule has 4 nitrogen and oxygen atoms in total. The molecule has 0 aliphatic heterocycles. The van der Waals surface area contributed by atoms with E-state index < -0.39 is 0 Å². The van der Waals surface area contributed by atoms with Gasteiger partial charge in [-0.1, -0.05) is 35.1 Å². The second-order valence-corrected chi connectivity index (χ2v) is 6.50. The molecular weight excluding hydrogens is 332 g/mol. The van der Waals surface area contributed by atoms with Crippen LogP contribution in [-0.2, 0) is 11.2 Å². The first-order valence-electron chi connectivity index (χ1n) is 7.13. The van der Waals surface area contributed by atoms with Crippen molar-refractivity contribution in [3.05, 3.63) is 53.1 Å². The number of nitrogens with one attached hydrogen (secondary N) is 1. The number of anilines is 1. The Kier molecular flexibility index (Phi) is 4.79. The van der Waals surface area contributed by atoms with Gasteiger partial charge in [-0.15, -0.1) is 0 Å². The highest BCUT2D eigenvalue weighted by atomic mass is 35.5. The van der Waals surface area contributed by atoms with Crippen LogP contribution in [0.4, 0.5) is 5.13 Å². The average Bonchev–Trinajstić information content (AvgIpc) is 2.94. The Balaban J connectivity index is 1.63. The molecule has 0 saturated heterocycles. The maximum atomic E-state index is 12.1. The molecule has 0 radical (unpaired) electrons. The zero-order valence-electron chi connectivity index (χ0n) is 12.5. The summed E-state index contributed by atoms with van der Waals surface area (Å²) >= 11 is 7.38. The predicted octanol–water partition coefficient (Wildman–Crippen LogP) is 4.53. The van der Waals surface area contributed by atoms with Gasteiger partial charge in [0.1, 0.15) is 5.75 Å². The Morgan fingerprint density at radius 3 is 2.96 bits per heavy atom. The predicted molar refractivity (Wildman–Crippen MR) is 94.6 cm³/mol. The van der Waals surface area contributed by atoms with Crippen molar-refractivity contribution >= 4 is 44.2 Å². The number of rotatable bonds is 5. The topological polar surface area (TPSA) is 51.2 Å². The third-order valence-electron chi connectivity index (χ3n) is 3.37. The van der Waals surface area contributed by atoms with Gasteiger partial charge < -0.3 is 10.1 Å². The Morgan fingerprint density at radius 1 is 1.30 bits per heavy atom. The lowest BCUT2D eigenvalue weighted by Crippen LogP contribution is -2.12. The number of benzene rings is 2. The fraction of sp³-hybridized carbons (Fsp3) is 0.176. The van der Waals surface area contributed by atoms with E-state index in [0.29, 0.717) is 23.0 Å². The molecule has 0 fully saturated rings. The summed E-state index contributed by atoms with van der Waals surface area (Å²) in [6, 6.07) is 13.2. The molecule has 1 heterocycles. The zero-order valence-corrected chi connectivity index (χ0v) is 14.1. The van der Waals surface area contributed by atoms with Crippen molar-refractivity contribution in [1.82, 2.24) is 4.98 Å². The van der Waals surface area contributed by atoms with Gasteiger partial charge in [-0.05, 0) is 42.3 Å². The number of hydrogen-bond acceptors (Lipinski definition) is 4. The van der Waals surface area contributed by atoms with Gasteiger partial charge in [-0.25, -0.2) is 4.98 Å². The summed E-state index contributed by atoms with van der Waals surface area (Å²) in [4.78, 5) is 16.5. The summed E-state index contributed by atoms with van der Waals surface area (Å²) in [5, 5.41) is 4.13. The second-order valence-electron chi connectivity index (χ2n) is 5.03. The highest BCUT2D eigenvalue weighted by molar-refractivity contribution is 7.22. The number of carbonyl (C=O) groups excluding carboxylic acids is 1. The van der Waals surface area contributed by atoms with Crippen LogP contribution in [-0.4, -0.2) is 18.0 Å². The molecule has 0 aliphatic rings. The number of carbonyl (C=O) groups is 1. The van der Waals surface area contributed by atoms with Gasteiger partial charge in [0.05, 0.1) is 17.3 Å². The first-order valence-corrected chi connectivity index (χ1v) is 8.32. The molecule has 3 aromatic rings. The number of methoxy groups -OCH3 is 1. The van der Waals surface area contributed by atoms with Crippen LogP contribution >= 0.6 is 22.9 Å². The minimum Gasteiger partial charge on any atom is -0.497 e. The van der Waals surface area contributed by atoms with E-state index in [-0.39, 0.29) is 5.91 Å². The summed E-state index contributed by atoms with van der Waals surface area (Å²) < 4.78 is 6.17. The molecule has 1 N–H and O–H groups in total. The Morgan fingerprint density at radius 2 is 2.17 bits per heavy atom. The second kappa shape index (κ2) is 6.98. The van der Waals surface area contributed by atoms with Crippen LogP contribution in [0.2, 0.25) is 5.02 Å². The number of aromatic nitrogens is 1. The van der Waals surface area contributed by atoms with Crippen LogP contribution in [0.25, 0.3) is 10.2 Å². The lowest BCUT2D eigenvalue weighted by Gasteiger charge is -2.02. The molecule has 0 atom stereocenters. The smallest absolute Gasteiger partial charge is 0.226 e. The summed E-state index contributed by atoms with van der Waals surface area (Å²) in [6.45, 7) is 0. The van der Waals surface area contributed by atoms with Crippen molar-refractivity contribution in [2.75, 3.05) is 12.4 Å². The fourth-order valence-electron chi connectivity index (χ4n) is 2.22. The van der Waals surface area contributed by atoms with E-state index in [1.807, 2.05) is 42.5 Å². The molecule has 1 amide bonds. The van der Waals surface area contributed by atoms with E-state index in [0.717, 1.165) is 21.5 Å². The van der Waals surface area contributed by atoms with E-state index >= 15 is 0 Å². The third-order valence-corrected chi connectivity index (χ3v) is 4.54. The number of halogens is 1. The molecule has 0 aliphatic carbocycles. The van der Waals surface area contributed by atoms with E-state index in [1.54, 1.807) is 7.11 Å². The monoisotopic (exact) mass is 346 g/mol. The van der Waals surface area contributed by atoms with Crippen LogP contribution in [0.1, 0.15) is 12.0 Å². The standard InChI is InChI=1S/C17H15ClN2O2S/c1-22-13-6-7-14-15(10-13)23-17(19-14)20-16(21)8-5-11-3-2-4-12(18)9-11/h2-4,6-7,9-10H,5,8H2,1H3,(H,19,20,21). The molecule has 1 aromatic heterocycles. The lowest BCUT2D eigenvalue weighted by molar-refractivity contribution is -0.116. The third kappa shape index (κ3) is 4.00. The van der Waals surface area contributed by atoms with Crippen LogP contribution in [0, 0.1) is 0 Å². The summed E-state index contributed by atoms with van der Waals surface area (Å²) in [6.07, 6.45) is 1.03. The number of amides is 1. The normalized spacial score (nSPS) is 10.7. The van der Waals surface area contributed by atoms with Crippen molar-refractivity contribution in [3.8, 4) is 5.75 Å². The highest BCUT2D eigenvalue weighted by Crippen LogP contribution is 2.29. The summed E-state index contributed by atoms with van der Waals surface area (Å²) in [7, 11) is 1.63. The molecular formula is C17H15ClN2O2S. The first-order chi connectivity index (χ1) is 11.1. The highest BCUT2D eigenvalue weighted by Gasteiger charge is 2.09. The largest absolute Gasteiger partial charge is 0.497 e. The van der Waals surface area contributed by atoms with Gasteiger partial charge in [0, 0.05) is 11.4 Å². The van der Waals surface area contributed by atoms with Crippen molar-refractivity contribution in [2.24, 2.45) is 0 Å². The zero-order chi connectivity index (χ0) is 16.2. The number of ether oxygens (including phenoxy) is 1. The Labute approximate surface area is 143 Å². The van der Waals surface area contributed by atoms with Crippen molar-refractivity contribution in [2.45, 2.75) is 12.8 Å². The van der Waals surface area contributed by atoms with E-state index in [9.17, 15) is 4.79 Å². The molecule has 2 aromatic carbocycles. The molecule has 118 valence electrons. The van der Waals surface area contributed by atoms with E-state index in [1.165, 1.54) is 11.3 Å². The van der Waals surface area contributed by atoms with E-state index in [4.69, 9.17) is 16.3 Å². The minimum absolute atomic E-state index is 0.0593. The lowest BCUT2D eigenvalue weighted by atomic mass is 10.1. The van der Waals surface area contributed by atoms with E-state index in [2.05, 4.69) is 10.3 Å². The van der Waals surface area contributed by atoms with Gasteiger partial charge in [0.15, 0.2) is 5.13 Å². The van der Waals surface area contributed by atoms with Crippen molar-refractivity contribution in [1.29, 1.82) is 0 Å². The molecule has 0 saturated carbocycles. The van der Waals surface area contributed by atoms with Crippen molar-refractivity contribution < 1.29 is 9.53 Å². The number of hydrogen-bond donors (Lipinski definition) is 1. The van der Waals surface area contributed by atoms with Crippen molar-refractivity contribution in [3.63, 3.8) is 0 Å².